The smallest absolute Gasteiger partial charge is 0.306 e. The normalized spacial score (nSPS) is 12.6. The molecule has 0 bridgehead atoms. The first kappa shape index (κ1) is 79.6. The summed E-state index contributed by atoms with van der Waals surface area (Å²) < 4.78 is 16.9. The van der Waals surface area contributed by atoms with Crippen molar-refractivity contribution in [1.29, 1.82) is 0 Å². The Morgan fingerprint density at radius 3 is 0.807 bits per heavy atom. The lowest BCUT2D eigenvalue weighted by Crippen LogP contribution is -2.30. The maximum Gasteiger partial charge on any atom is 0.306 e. The molecule has 0 spiro atoms. The van der Waals surface area contributed by atoms with Crippen molar-refractivity contribution in [3.05, 3.63) is 85.1 Å². The highest BCUT2D eigenvalue weighted by Crippen LogP contribution is 2.18. The summed E-state index contributed by atoms with van der Waals surface area (Å²) in [5.41, 5.74) is 0. The van der Waals surface area contributed by atoms with Gasteiger partial charge in [-0.05, 0) is 83.5 Å². The molecule has 83 heavy (non-hydrogen) atoms. The van der Waals surface area contributed by atoms with Gasteiger partial charge in [-0.3, -0.25) is 14.4 Å². The Morgan fingerprint density at radius 1 is 0.253 bits per heavy atom. The van der Waals surface area contributed by atoms with Crippen LogP contribution in [0, 0.1) is 0 Å². The fourth-order valence-electron chi connectivity index (χ4n) is 10.5. The van der Waals surface area contributed by atoms with E-state index in [1.54, 1.807) is 0 Å². The van der Waals surface area contributed by atoms with Crippen molar-refractivity contribution >= 4 is 17.9 Å². The molecular formula is C77H136O6. The second kappa shape index (κ2) is 71.1. The second-order valence-electron chi connectivity index (χ2n) is 24.1. The molecule has 6 heteroatoms. The van der Waals surface area contributed by atoms with E-state index < -0.39 is 6.10 Å². The van der Waals surface area contributed by atoms with Crippen molar-refractivity contribution in [3.8, 4) is 0 Å². The average Bonchev–Trinajstić information content (AvgIpc) is 3.49. The van der Waals surface area contributed by atoms with Crippen molar-refractivity contribution in [3.63, 3.8) is 0 Å². The van der Waals surface area contributed by atoms with E-state index in [1.807, 2.05) is 6.08 Å². The topological polar surface area (TPSA) is 78.9 Å². The third-order valence-corrected chi connectivity index (χ3v) is 15.9. The van der Waals surface area contributed by atoms with Gasteiger partial charge < -0.3 is 14.2 Å². The summed E-state index contributed by atoms with van der Waals surface area (Å²) in [6.45, 7) is 6.48. The van der Waals surface area contributed by atoms with Crippen LogP contribution in [-0.2, 0) is 28.6 Å². The molecule has 1 unspecified atom stereocenters. The van der Waals surface area contributed by atoms with Gasteiger partial charge in [-0.15, -0.1) is 0 Å². The van der Waals surface area contributed by atoms with Crippen LogP contribution < -0.4 is 0 Å². The van der Waals surface area contributed by atoms with Gasteiger partial charge in [0.2, 0.25) is 0 Å². The molecule has 0 aromatic rings. The fraction of sp³-hybridized carbons (Fsp3) is 0.779. The van der Waals surface area contributed by atoms with Gasteiger partial charge in [0.05, 0.1) is 0 Å². The Bertz CT molecular complexity index is 1570. The Balaban J connectivity index is 4.16. The maximum absolute atomic E-state index is 12.9. The zero-order chi connectivity index (χ0) is 59.9. The van der Waals surface area contributed by atoms with Crippen molar-refractivity contribution in [2.45, 2.75) is 374 Å². The van der Waals surface area contributed by atoms with Gasteiger partial charge in [0.15, 0.2) is 6.10 Å². The molecule has 0 saturated carbocycles. The van der Waals surface area contributed by atoms with Crippen LogP contribution in [0.25, 0.3) is 0 Å². The number of unbranched alkanes of at least 4 members (excludes halogenated alkanes) is 41. The van der Waals surface area contributed by atoms with Gasteiger partial charge in [-0.2, -0.15) is 0 Å². The number of carbonyl (C=O) groups excluding carboxylic acids is 3. The van der Waals surface area contributed by atoms with E-state index in [1.165, 1.54) is 231 Å². The minimum absolute atomic E-state index is 0.107. The first-order valence-corrected chi connectivity index (χ1v) is 36.1. The summed E-state index contributed by atoms with van der Waals surface area (Å²) in [5.74, 6) is -0.987. The molecule has 0 aliphatic carbocycles. The van der Waals surface area contributed by atoms with Crippen LogP contribution in [0.15, 0.2) is 85.1 Å². The van der Waals surface area contributed by atoms with Gasteiger partial charge in [0.1, 0.15) is 13.2 Å². The van der Waals surface area contributed by atoms with Crippen LogP contribution >= 0.6 is 0 Å². The molecule has 0 radical (unpaired) electrons. The van der Waals surface area contributed by atoms with Crippen molar-refractivity contribution < 1.29 is 28.6 Å². The number of ether oxygens (including phenoxy) is 3. The molecule has 0 aromatic heterocycles. The lowest BCUT2D eigenvalue weighted by molar-refractivity contribution is -0.166. The quantitative estimate of drug-likeness (QED) is 0.0261. The third kappa shape index (κ3) is 69.3. The molecule has 0 fully saturated rings. The number of esters is 3. The molecule has 6 nitrogen and oxygen atoms in total. The summed E-state index contributed by atoms with van der Waals surface area (Å²) in [4.78, 5) is 38.3. The van der Waals surface area contributed by atoms with E-state index in [0.717, 1.165) is 89.9 Å². The monoisotopic (exact) mass is 1160 g/mol. The molecule has 0 aliphatic heterocycles. The molecule has 0 aromatic carbocycles. The summed E-state index contributed by atoms with van der Waals surface area (Å²) in [6.07, 6.45) is 95.2. The number of rotatable bonds is 66. The highest BCUT2D eigenvalue weighted by molar-refractivity contribution is 5.71. The van der Waals surface area contributed by atoms with Gasteiger partial charge >= 0.3 is 17.9 Å². The first-order valence-electron chi connectivity index (χ1n) is 36.1. The van der Waals surface area contributed by atoms with Gasteiger partial charge in [-0.25, -0.2) is 0 Å². The Morgan fingerprint density at radius 2 is 0.494 bits per heavy atom. The number of hydrogen-bond donors (Lipinski definition) is 0. The highest BCUT2D eigenvalue weighted by Gasteiger charge is 2.19. The van der Waals surface area contributed by atoms with Crippen molar-refractivity contribution in [2.75, 3.05) is 13.2 Å². The minimum atomic E-state index is -0.821. The van der Waals surface area contributed by atoms with Crippen molar-refractivity contribution in [1.82, 2.24) is 0 Å². The van der Waals surface area contributed by atoms with Crippen LogP contribution in [-0.4, -0.2) is 37.2 Å². The highest BCUT2D eigenvalue weighted by atomic mass is 16.6. The van der Waals surface area contributed by atoms with E-state index in [9.17, 15) is 14.4 Å². The molecule has 480 valence electrons. The molecule has 0 amide bonds. The van der Waals surface area contributed by atoms with Crippen LogP contribution in [0.4, 0.5) is 0 Å². The molecule has 0 aliphatic rings. The lowest BCUT2D eigenvalue weighted by atomic mass is 10.0. The van der Waals surface area contributed by atoms with E-state index in [4.69, 9.17) is 14.2 Å². The van der Waals surface area contributed by atoms with E-state index in [-0.39, 0.29) is 37.5 Å². The van der Waals surface area contributed by atoms with Crippen LogP contribution in [0.2, 0.25) is 0 Å². The Hall–Kier alpha value is -3.41. The second-order valence-corrected chi connectivity index (χ2v) is 24.1. The zero-order valence-electron chi connectivity index (χ0n) is 55.2. The molecule has 0 saturated heterocycles. The lowest BCUT2D eigenvalue weighted by Gasteiger charge is -2.18. The van der Waals surface area contributed by atoms with E-state index in [2.05, 4.69) is 99.8 Å². The van der Waals surface area contributed by atoms with Gasteiger partial charge in [0.25, 0.3) is 0 Å². The minimum Gasteiger partial charge on any atom is -0.462 e. The summed E-state index contributed by atoms with van der Waals surface area (Å²) in [7, 11) is 0. The first-order chi connectivity index (χ1) is 41.0. The summed E-state index contributed by atoms with van der Waals surface area (Å²) >= 11 is 0. The zero-order valence-corrected chi connectivity index (χ0v) is 55.2. The predicted molar refractivity (Wildman–Crippen MR) is 362 cm³/mol. The van der Waals surface area contributed by atoms with Crippen LogP contribution in [0.5, 0.6) is 0 Å². The average molecular weight is 1160 g/mol. The SMILES string of the molecule is CC/C=C\C/C=C\C/C=C\C/C=C\C/C=C\C/C=C\CCC(=O)OC(COC(=O)CCCCCCC/C=C\CCCCC)COC(=O)CCCCCCCCCCCCCCCCCCCCCCCCCCCCCCCCCCCC. The number of carbonyl (C=O) groups is 3. The molecule has 0 rings (SSSR count). The van der Waals surface area contributed by atoms with Gasteiger partial charge in [-0.1, -0.05) is 350 Å². The molecule has 1 atom stereocenters. The fourth-order valence-corrected chi connectivity index (χ4v) is 10.5. The van der Waals surface area contributed by atoms with Gasteiger partial charge in [0, 0.05) is 19.3 Å². The van der Waals surface area contributed by atoms with Crippen molar-refractivity contribution in [2.24, 2.45) is 0 Å². The van der Waals surface area contributed by atoms with E-state index in [0.29, 0.717) is 19.3 Å². The predicted octanol–water partition coefficient (Wildman–Crippen LogP) is 25.0. The Labute approximate surface area is 515 Å². The Kier molecular flexibility index (Phi) is 68.2. The summed E-state index contributed by atoms with van der Waals surface area (Å²) in [5, 5.41) is 0. The molecule has 0 heterocycles. The largest absolute Gasteiger partial charge is 0.462 e. The van der Waals surface area contributed by atoms with Crippen LogP contribution in [0.1, 0.15) is 367 Å². The summed E-state index contributed by atoms with van der Waals surface area (Å²) in [6, 6.07) is 0. The molecule has 0 N–H and O–H groups in total. The van der Waals surface area contributed by atoms with E-state index >= 15 is 0 Å². The number of allylic oxidation sites excluding steroid dienone is 14. The van der Waals surface area contributed by atoms with Crippen LogP contribution in [0.3, 0.4) is 0 Å². The third-order valence-electron chi connectivity index (χ3n) is 15.9. The molecular weight excluding hydrogens is 1020 g/mol. The maximum atomic E-state index is 12.9. The number of hydrogen-bond acceptors (Lipinski definition) is 6. The standard InChI is InChI=1S/C77H136O6/c1-4-7-10-13-16-19-22-25-27-29-31-32-33-34-35-36-37-38-39-40-41-42-43-44-45-47-48-50-52-55-58-61-64-67-70-76(79)82-73-74(72-81-75(78)69-66-63-60-57-54-24-21-18-15-12-9-6-3)83-77(80)71-68-65-62-59-56-53-51-49-46-30-28-26-23-20-17-14-11-8-5-2/h8,11,17-18,20-21,26,28,46,49,53,56,62,65,74H,4-7,9-10,12-16,19,22-25,27,29-45,47-48,50-52,54-55,57-61,63-64,66-73H2,1-3H3/b11-8-,20-17-,21-18-,28-26-,49-46-,56-53-,65-62-.